The van der Waals surface area contributed by atoms with Crippen molar-refractivity contribution in [1.82, 2.24) is 5.32 Å². The smallest absolute Gasteiger partial charge is 0.255 e. The number of hydrogen-bond donors (Lipinski definition) is 2. The van der Waals surface area contributed by atoms with Gasteiger partial charge in [0.15, 0.2) is 0 Å². The van der Waals surface area contributed by atoms with Crippen molar-refractivity contribution in [3.63, 3.8) is 0 Å². The standard InChI is InChI=1S/C23H25FN2O3/c24-18-8-4-16(5-9-18)21(27)26-19-10-6-17(7-11-19)23(12-2-13-23)22(28)25-15-20-3-1-14-29-20/h4-11,20H,1-3,12-15H2,(H,25,28)(H,26,27). The summed E-state index contributed by atoms with van der Waals surface area (Å²) in [6.07, 6.45) is 4.85. The van der Waals surface area contributed by atoms with E-state index in [0.29, 0.717) is 17.8 Å². The quantitative estimate of drug-likeness (QED) is 0.781. The lowest BCUT2D eigenvalue weighted by molar-refractivity contribution is -0.130. The third kappa shape index (κ3) is 4.17. The number of ether oxygens (including phenoxy) is 1. The van der Waals surface area contributed by atoms with Crippen LogP contribution in [0.3, 0.4) is 0 Å². The van der Waals surface area contributed by atoms with Crippen LogP contribution in [0.4, 0.5) is 10.1 Å². The molecule has 1 saturated heterocycles. The van der Waals surface area contributed by atoms with Crippen LogP contribution in [0.25, 0.3) is 0 Å². The SMILES string of the molecule is O=C(Nc1ccc(C2(C(=O)NCC3CCCO3)CCC2)cc1)c1ccc(F)cc1. The van der Waals surface area contributed by atoms with Crippen LogP contribution in [-0.2, 0) is 14.9 Å². The molecule has 152 valence electrons. The molecule has 2 aliphatic rings. The first-order valence-corrected chi connectivity index (χ1v) is 10.1. The van der Waals surface area contributed by atoms with Crippen molar-refractivity contribution in [1.29, 1.82) is 0 Å². The molecular formula is C23H25FN2O3. The lowest BCUT2D eigenvalue weighted by Crippen LogP contribution is -2.50. The van der Waals surface area contributed by atoms with Crippen LogP contribution in [0.2, 0.25) is 0 Å². The van der Waals surface area contributed by atoms with Gasteiger partial charge in [-0.25, -0.2) is 4.39 Å². The predicted octanol–water partition coefficient (Wildman–Crippen LogP) is 3.79. The summed E-state index contributed by atoms with van der Waals surface area (Å²) in [4.78, 5) is 25.2. The zero-order chi connectivity index (χ0) is 20.3. The Kier molecular flexibility index (Phi) is 5.62. The Morgan fingerprint density at radius 1 is 1.03 bits per heavy atom. The van der Waals surface area contributed by atoms with Gasteiger partial charge >= 0.3 is 0 Å². The van der Waals surface area contributed by atoms with Crippen molar-refractivity contribution < 1.29 is 18.7 Å². The van der Waals surface area contributed by atoms with E-state index in [0.717, 1.165) is 44.3 Å². The molecule has 1 heterocycles. The molecule has 2 aromatic rings. The normalized spacial score (nSPS) is 20.0. The van der Waals surface area contributed by atoms with Gasteiger partial charge < -0.3 is 15.4 Å². The highest BCUT2D eigenvalue weighted by Crippen LogP contribution is 2.44. The molecule has 2 amide bonds. The molecule has 2 aromatic carbocycles. The lowest BCUT2D eigenvalue weighted by atomic mass is 9.63. The summed E-state index contributed by atoms with van der Waals surface area (Å²) in [6, 6.07) is 12.8. The molecule has 0 radical (unpaired) electrons. The van der Waals surface area contributed by atoms with E-state index in [1.54, 1.807) is 0 Å². The average molecular weight is 396 g/mol. The summed E-state index contributed by atoms with van der Waals surface area (Å²) in [5.74, 6) is -0.623. The van der Waals surface area contributed by atoms with E-state index in [9.17, 15) is 14.0 Å². The van der Waals surface area contributed by atoms with Gasteiger partial charge in [-0.1, -0.05) is 18.6 Å². The highest BCUT2D eigenvalue weighted by molar-refractivity contribution is 6.04. The minimum atomic E-state index is -0.488. The highest BCUT2D eigenvalue weighted by atomic mass is 19.1. The second-order valence-electron chi connectivity index (χ2n) is 7.82. The van der Waals surface area contributed by atoms with Gasteiger partial charge in [-0.3, -0.25) is 9.59 Å². The Hall–Kier alpha value is -2.73. The van der Waals surface area contributed by atoms with Crippen molar-refractivity contribution >= 4 is 17.5 Å². The Morgan fingerprint density at radius 2 is 1.76 bits per heavy atom. The van der Waals surface area contributed by atoms with Gasteiger partial charge in [-0.05, 0) is 67.6 Å². The number of hydrogen-bond acceptors (Lipinski definition) is 3. The Bertz CT molecular complexity index is 870. The second-order valence-corrected chi connectivity index (χ2v) is 7.82. The van der Waals surface area contributed by atoms with E-state index in [-0.39, 0.29) is 23.7 Å². The molecular weight excluding hydrogens is 371 g/mol. The van der Waals surface area contributed by atoms with Gasteiger partial charge in [-0.2, -0.15) is 0 Å². The first-order valence-electron chi connectivity index (χ1n) is 10.1. The van der Waals surface area contributed by atoms with Gasteiger partial charge in [0.25, 0.3) is 5.91 Å². The van der Waals surface area contributed by atoms with Crippen molar-refractivity contribution in [2.75, 3.05) is 18.5 Å². The molecule has 1 saturated carbocycles. The van der Waals surface area contributed by atoms with Gasteiger partial charge in [0, 0.05) is 24.4 Å². The zero-order valence-electron chi connectivity index (χ0n) is 16.2. The molecule has 2 N–H and O–H groups in total. The van der Waals surface area contributed by atoms with Gasteiger partial charge in [0.05, 0.1) is 11.5 Å². The number of carbonyl (C=O) groups excluding carboxylic acids is 2. The fourth-order valence-electron chi connectivity index (χ4n) is 4.04. The van der Waals surface area contributed by atoms with Crippen LogP contribution < -0.4 is 10.6 Å². The van der Waals surface area contributed by atoms with E-state index < -0.39 is 5.41 Å². The van der Waals surface area contributed by atoms with Crippen molar-refractivity contribution in [3.05, 3.63) is 65.5 Å². The molecule has 1 unspecified atom stereocenters. The summed E-state index contributed by atoms with van der Waals surface area (Å²) in [5.41, 5.74) is 1.50. The fourth-order valence-corrected chi connectivity index (χ4v) is 4.04. The Morgan fingerprint density at radius 3 is 2.34 bits per heavy atom. The highest BCUT2D eigenvalue weighted by Gasteiger charge is 2.45. The fraction of sp³-hybridized carbons (Fsp3) is 0.391. The maximum Gasteiger partial charge on any atom is 0.255 e. The molecule has 1 atom stereocenters. The molecule has 0 spiro atoms. The van der Waals surface area contributed by atoms with Crippen LogP contribution in [-0.4, -0.2) is 31.1 Å². The number of anilines is 1. The predicted molar refractivity (Wildman–Crippen MR) is 108 cm³/mol. The topological polar surface area (TPSA) is 67.4 Å². The van der Waals surface area contributed by atoms with E-state index in [2.05, 4.69) is 10.6 Å². The van der Waals surface area contributed by atoms with Crippen LogP contribution in [0, 0.1) is 5.82 Å². The summed E-state index contributed by atoms with van der Waals surface area (Å²) >= 11 is 0. The molecule has 1 aliphatic carbocycles. The van der Waals surface area contributed by atoms with Gasteiger partial charge in [0.2, 0.25) is 5.91 Å². The molecule has 4 rings (SSSR count). The molecule has 1 aliphatic heterocycles. The molecule has 5 nitrogen and oxygen atoms in total. The van der Waals surface area contributed by atoms with E-state index in [1.807, 2.05) is 24.3 Å². The minimum absolute atomic E-state index is 0.0577. The van der Waals surface area contributed by atoms with Crippen molar-refractivity contribution in [2.45, 2.75) is 43.6 Å². The maximum atomic E-state index is 13.0. The average Bonchev–Trinajstić information content (AvgIpc) is 3.21. The number of halogens is 1. The lowest BCUT2D eigenvalue weighted by Gasteiger charge is -2.41. The molecule has 0 bridgehead atoms. The minimum Gasteiger partial charge on any atom is -0.376 e. The van der Waals surface area contributed by atoms with Crippen molar-refractivity contribution in [2.24, 2.45) is 0 Å². The number of carbonyl (C=O) groups is 2. The number of benzene rings is 2. The summed E-state index contributed by atoms with van der Waals surface area (Å²) in [7, 11) is 0. The third-order valence-corrected chi connectivity index (χ3v) is 5.96. The molecule has 0 aromatic heterocycles. The van der Waals surface area contributed by atoms with E-state index in [4.69, 9.17) is 4.74 Å². The summed E-state index contributed by atoms with van der Waals surface area (Å²) < 4.78 is 18.6. The molecule has 6 heteroatoms. The van der Waals surface area contributed by atoms with E-state index in [1.165, 1.54) is 24.3 Å². The number of rotatable bonds is 6. The maximum absolute atomic E-state index is 13.0. The second kappa shape index (κ2) is 8.33. The van der Waals surface area contributed by atoms with Crippen LogP contribution in [0.5, 0.6) is 0 Å². The van der Waals surface area contributed by atoms with Crippen molar-refractivity contribution in [3.8, 4) is 0 Å². The summed E-state index contributed by atoms with van der Waals surface area (Å²) in [5, 5.41) is 5.88. The first-order chi connectivity index (χ1) is 14.1. The number of nitrogens with one attached hydrogen (secondary N) is 2. The van der Waals surface area contributed by atoms with Crippen LogP contribution >= 0.6 is 0 Å². The van der Waals surface area contributed by atoms with Gasteiger partial charge in [0.1, 0.15) is 5.82 Å². The Labute approximate surface area is 169 Å². The largest absolute Gasteiger partial charge is 0.376 e. The number of amides is 2. The Balaban J connectivity index is 1.40. The third-order valence-electron chi connectivity index (χ3n) is 5.96. The van der Waals surface area contributed by atoms with Crippen LogP contribution in [0.1, 0.15) is 48.0 Å². The monoisotopic (exact) mass is 396 g/mol. The first kappa shape index (κ1) is 19.6. The van der Waals surface area contributed by atoms with Crippen LogP contribution in [0.15, 0.2) is 48.5 Å². The zero-order valence-corrected chi connectivity index (χ0v) is 16.2. The summed E-state index contributed by atoms with van der Waals surface area (Å²) in [6.45, 7) is 1.34. The molecule has 2 fully saturated rings. The van der Waals surface area contributed by atoms with Gasteiger partial charge in [-0.15, -0.1) is 0 Å². The van der Waals surface area contributed by atoms with E-state index >= 15 is 0 Å². The molecule has 29 heavy (non-hydrogen) atoms.